The van der Waals surface area contributed by atoms with E-state index in [1.165, 1.54) is 13.2 Å². The summed E-state index contributed by atoms with van der Waals surface area (Å²) in [6, 6.07) is 47.7. The Morgan fingerprint density at radius 2 is 1.32 bits per heavy atom. The van der Waals surface area contributed by atoms with Crippen molar-refractivity contribution < 1.29 is 9.53 Å². The average molecular weight is 720 g/mol. The predicted molar refractivity (Wildman–Crippen MR) is 208 cm³/mol. The topological polar surface area (TPSA) is 91.9 Å². The first-order valence-corrected chi connectivity index (χ1v) is 18.0. The summed E-state index contributed by atoms with van der Waals surface area (Å²) in [6.07, 6.45) is 2.48. The third kappa shape index (κ3) is 6.81. The molecule has 7 rings (SSSR count). The van der Waals surface area contributed by atoms with Crippen molar-refractivity contribution in [3.8, 4) is 22.5 Å². The molecule has 0 radical (unpaired) electrons. The van der Waals surface area contributed by atoms with Gasteiger partial charge in [0.1, 0.15) is 5.54 Å². The number of hydrogen-bond donors (Lipinski definition) is 0. The summed E-state index contributed by atoms with van der Waals surface area (Å²) in [4.78, 5) is 25.6. The molecular formula is C44H38ClN5O3. The lowest BCUT2D eigenvalue weighted by Crippen LogP contribution is -2.39. The summed E-state index contributed by atoms with van der Waals surface area (Å²) in [5, 5.41) is 14.2. The Kier molecular flexibility index (Phi) is 10.4. The number of methoxy groups -OCH3 is 1. The molecule has 0 aliphatic carbocycles. The molecule has 264 valence electrons. The Labute approximate surface area is 313 Å². The Morgan fingerprint density at radius 1 is 0.736 bits per heavy atom. The molecule has 0 saturated carbocycles. The van der Waals surface area contributed by atoms with Gasteiger partial charge in [-0.25, -0.2) is 9.48 Å². The number of hydrogen-bond acceptors (Lipinski definition) is 6. The first kappa shape index (κ1) is 35.3. The minimum absolute atomic E-state index is 0.253. The summed E-state index contributed by atoms with van der Waals surface area (Å²) in [6.45, 7) is 2.39. The Morgan fingerprint density at radius 3 is 1.89 bits per heavy atom. The first-order chi connectivity index (χ1) is 25.9. The van der Waals surface area contributed by atoms with Crippen LogP contribution >= 0.6 is 11.6 Å². The molecule has 0 saturated heterocycles. The maximum atomic E-state index is 13.3. The average Bonchev–Trinajstić information content (AvgIpc) is 3.69. The van der Waals surface area contributed by atoms with Crippen LogP contribution in [0.15, 0.2) is 150 Å². The molecule has 0 atom stereocenters. The highest BCUT2D eigenvalue weighted by Gasteiger charge is 2.42. The molecule has 53 heavy (non-hydrogen) atoms. The van der Waals surface area contributed by atoms with Crippen LogP contribution < -0.4 is 5.56 Å². The van der Waals surface area contributed by atoms with Crippen LogP contribution in [0.3, 0.4) is 0 Å². The van der Waals surface area contributed by atoms with Crippen LogP contribution in [0.4, 0.5) is 0 Å². The van der Waals surface area contributed by atoms with Crippen molar-refractivity contribution in [3.63, 3.8) is 0 Å². The van der Waals surface area contributed by atoms with Crippen LogP contribution in [-0.4, -0.2) is 37.9 Å². The van der Waals surface area contributed by atoms with E-state index in [4.69, 9.17) is 21.6 Å². The number of tetrazole rings is 1. The lowest BCUT2D eigenvalue weighted by atomic mass is 9.77. The van der Waals surface area contributed by atoms with Crippen molar-refractivity contribution in [3.05, 3.63) is 194 Å². The van der Waals surface area contributed by atoms with E-state index < -0.39 is 11.5 Å². The normalized spacial score (nSPS) is 11.4. The van der Waals surface area contributed by atoms with Gasteiger partial charge in [0, 0.05) is 27.9 Å². The number of unbranched alkanes of at least 4 members (excludes halogenated alkanes) is 1. The van der Waals surface area contributed by atoms with Crippen LogP contribution in [-0.2, 0) is 23.2 Å². The minimum Gasteiger partial charge on any atom is -0.465 e. The molecule has 7 aromatic rings. The van der Waals surface area contributed by atoms with Gasteiger partial charge < -0.3 is 9.30 Å². The highest BCUT2D eigenvalue weighted by atomic mass is 35.5. The van der Waals surface area contributed by atoms with E-state index in [0.29, 0.717) is 23.8 Å². The molecule has 9 heteroatoms. The summed E-state index contributed by atoms with van der Waals surface area (Å²) in [5.74, 6) is 0.0350. The predicted octanol–water partition coefficient (Wildman–Crippen LogP) is 8.84. The van der Waals surface area contributed by atoms with Gasteiger partial charge in [-0.15, -0.1) is 5.10 Å². The molecule has 0 aliphatic heterocycles. The number of nitrogens with zero attached hydrogens (tertiary/aromatic N) is 5. The SMILES string of the molecule is CCCCc1cc(C(=O)OC)cc(=O)n1Cc1ccc(-c2ccccc2-c2nnnn2C(c2ccccc2)(c2ccccc2)c2ccccc2)c(Cl)c1. The third-order valence-electron chi connectivity index (χ3n) is 9.62. The Hall–Kier alpha value is -6.12. The van der Waals surface area contributed by atoms with E-state index in [-0.39, 0.29) is 11.1 Å². The number of ether oxygens (including phenoxy) is 1. The van der Waals surface area contributed by atoms with E-state index in [2.05, 4.69) is 53.6 Å². The zero-order valence-corrected chi connectivity index (χ0v) is 30.3. The second-order valence-corrected chi connectivity index (χ2v) is 13.2. The van der Waals surface area contributed by atoms with Gasteiger partial charge in [-0.1, -0.05) is 152 Å². The van der Waals surface area contributed by atoms with Crippen LogP contribution in [0, 0.1) is 0 Å². The largest absolute Gasteiger partial charge is 0.465 e. The number of benzene rings is 5. The van der Waals surface area contributed by atoms with Crippen LogP contribution in [0.25, 0.3) is 22.5 Å². The molecule has 2 heterocycles. The molecule has 0 spiro atoms. The Balaban J connectivity index is 1.34. The van der Waals surface area contributed by atoms with Gasteiger partial charge in [-0.2, -0.15) is 0 Å². The van der Waals surface area contributed by atoms with Crippen LogP contribution in [0.2, 0.25) is 5.02 Å². The molecular weight excluding hydrogens is 682 g/mol. The van der Waals surface area contributed by atoms with Crippen molar-refractivity contribution in [2.24, 2.45) is 0 Å². The molecule has 0 aliphatic rings. The van der Waals surface area contributed by atoms with E-state index in [1.807, 2.05) is 102 Å². The number of aromatic nitrogens is 5. The van der Waals surface area contributed by atoms with Gasteiger partial charge in [-0.3, -0.25) is 4.79 Å². The highest BCUT2D eigenvalue weighted by molar-refractivity contribution is 6.33. The quantitative estimate of drug-likeness (QED) is 0.0926. The van der Waals surface area contributed by atoms with Crippen LogP contribution in [0.5, 0.6) is 0 Å². The molecule has 2 aromatic heterocycles. The zero-order valence-electron chi connectivity index (χ0n) is 29.5. The van der Waals surface area contributed by atoms with Gasteiger partial charge in [0.2, 0.25) is 0 Å². The molecule has 0 unspecified atom stereocenters. The zero-order chi connectivity index (χ0) is 36.8. The number of esters is 1. The van der Waals surface area contributed by atoms with Gasteiger partial charge >= 0.3 is 5.97 Å². The maximum Gasteiger partial charge on any atom is 0.338 e. The second kappa shape index (κ2) is 15.6. The molecule has 8 nitrogen and oxygen atoms in total. The van der Waals surface area contributed by atoms with Crippen molar-refractivity contribution in [1.82, 2.24) is 24.8 Å². The molecule has 5 aromatic carbocycles. The van der Waals surface area contributed by atoms with E-state index >= 15 is 0 Å². The lowest BCUT2D eigenvalue weighted by molar-refractivity contribution is 0.0600. The van der Waals surface area contributed by atoms with Gasteiger partial charge in [0.05, 0.1) is 19.2 Å². The number of carbonyl (C=O) groups is 1. The van der Waals surface area contributed by atoms with Crippen molar-refractivity contribution in [2.75, 3.05) is 7.11 Å². The molecule has 0 fully saturated rings. The number of aryl methyl sites for hydroxylation is 1. The number of carbonyl (C=O) groups excluding carboxylic acids is 1. The smallest absolute Gasteiger partial charge is 0.338 e. The number of pyridine rings is 1. The Bertz CT molecular complexity index is 2310. The van der Waals surface area contributed by atoms with Crippen molar-refractivity contribution in [2.45, 2.75) is 38.3 Å². The summed E-state index contributed by atoms with van der Waals surface area (Å²) < 4.78 is 8.50. The van der Waals surface area contributed by atoms with Gasteiger partial charge in [0.25, 0.3) is 5.56 Å². The van der Waals surface area contributed by atoms with Crippen molar-refractivity contribution >= 4 is 17.6 Å². The number of halogens is 1. The van der Waals surface area contributed by atoms with Crippen LogP contribution in [0.1, 0.15) is 58.1 Å². The van der Waals surface area contributed by atoms with Crippen molar-refractivity contribution in [1.29, 1.82) is 0 Å². The monoisotopic (exact) mass is 719 g/mol. The number of rotatable bonds is 12. The van der Waals surface area contributed by atoms with Gasteiger partial charge in [0.15, 0.2) is 5.82 Å². The van der Waals surface area contributed by atoms with E-state index in [1.54, 1.807) is 10.6 Å². The summed E-state index contributed by atoms with van der Waals surface area (Å²) >= 11 is 7.12. The molecule has 0 amide bonds. The minimum atomic E-state index is -0.921. The fourth-order valence-electron chi connectivity index (χ4n) is 7.09. The van der Waals surface area contributed by atoms with E-state index in [0.717, 1.165) is 57.5 Å². The maximum absolute atomic E-state index is 13.3. The molecule has 0 bridgehead atoms. The fourth-order valence-corrected chi connectivity index (χ4v) is 7.39. The van der Waals surface area contributed by atoms with E-state index in [9.17, 15) is 9.59 Å². The molecule has 0 N–H and O–H groups in total. The summed E-state index contributed by atoms with van der Waals surface area (Å²) in [5.41, 5.74) is 6.14. The fraction of sp³-hybridized carbons (Fsp3) is 0.159. The van der Waals surface area contributed by atoms with Gasteiger partial charge in [-0.05, 0) is 63.2 Å². The first-order valence-electron chi connectivity index (χ1n) is 17.6. The second-order valence-electron chi connectivity index (χ2n) is 12.8. The summed E-state index contributed by atoms with van der Waals surface area (Å²) in [7, 11) is 1.31. The standard InChI is InChI=1S/C44H38ClN5O3/c1-3-4-22-36-28-32(43(52)53-2)29-41(51)49(36)30-31-25-26-38(40(45)27-31)37-23-14-15-24-39(37)42-46-47-48-50(42)44(33-16-8-5-9-17-33,34-18-10-6-11-19-34)35-20-12-7-13-21-35/h5-21,23-29H,3-4,22,30H2,1-2H3. The highest BCUT2D eigenvalue weighted by Crippen LogP contribution is 2.44. The third-order valence-corrected chi connectivity index (χ3v) is 9.93. The lowest BCUT2D eigenvalue weighted by Gasteiger charge is -2.36.